The van der Waals surface area contributed by atoms with Gasteiger partial charge < -0.3 is 14.5 Å². The Morgan fingerprint density at radius 3 is 2.38 bits per heavy atom. The van der Waals surface area contributed by atoms with E-state index in [2.05, 4.69) is 17.0 Å². The second-order valence-corrected chi connectivity index (χ2v) is 8.29. The number of benzene rings is 1. The van der Waals surface area contributed by atoms with Gasteiger partial charge in [-0.15, -0.1) is 11.3 Å². The van der Waals surface area contributed by atoms with Gasteiger partial charge in [-0.25, -0.2) is 0 Å². The maximum absolute atomic E-state index is 12.6. The molecule has 1 aliphatic rings. The summed E-state index contributed by atoms with van der Waals surface area (Å²) < 4.78 is 5.18. The van der Waals surface area contributed by atoms with E-state index in [1.165, 1.54) is 16.9 Å². The Morgan fingerprint density at radius 2 is 1.76 bits per heavy atom. The van der Waals surface area contributed by atoms with Gasteiger partial charge in [-0.1, -0.05) is 18.2 Å². The Hall–Kier alpha value is -2.38. The van der Waals surface area contributed by atoms with Gasteiger partial charge in [0.2, 0.25) is 5.91 Å². The van der Waals surface area contributed by atoms with Crippen molar-refractivity contribution in [1.82, 2.24) is 14.7 Å². The molecule has 6 nitrogen and oxygen atoms in total. The van der Waals surface area contributed by atoms with Crippen LogP contribution in [0.15, 0.2) is 41.8 Å². The highest BCUT2D eigenvalue weighted by Crippen LogP contribution is 2.15. The number of piperazine rings is 1. The molecule has 156 valence electrons. The number of hydrogen-bond donors (Lipinski definition) is 0. The van der Waals surface area contributed by atoms with Crippen LogP contribution in [0.3, 0.4) is 0 Å². The number of hydrogen-bond acceptors (Lipinski definition) is 5. The van der Waals surface area contributed by atoms with Crippen molar-refractivity contribution >= 4 is 23.2 Å². The highest BCUT2D eigenvalue weighted by Gasteiger charge is 2.25. The van der Waals surface area contributed by atoms with Crippen molar-refractivity contribution in [3.05, 3.63) is 52.2 Å². The third-order valence-electron chi connectivity index (χ3n) is 5.22. The minimum atomic E-state index is 0.0720. The maximum atomic E-state index is 12.6. The Labute approximate surface area is 176 Å². The number of carbonyl (C=O) groups is 2. The van der Waals surface area contributed by atoms with Crippen molar-refractivity contribution in [3.63, 3.8) is 0 Å². The Bertz CT molecular complexity index is 784. The summed E-state index contributed by atoms with van der Waals surface area (Å²) in [5, 5.41) is 1.91. The standard InChI is InChI=1S/C22H29N3O3S/c1-23(11-3-5-18-7-9-19(28-2)10-8-18)17-21(26)24-12-14-25(15-13-24)22(27)20-6-4-16-29-20/h4,6-10,16H,3,5,11-15,17H2,1-2H3. The average molecular weight is 416 g/mol. The minimum Gasteiger partial charge on any atom is -0.497 e. The lowest BCUT2D eigenvalue weighted by molar-refractivity contribution is -0.133. The van der Waals surface area contributed by atoms with Crippen LogP contribution >= 0.6 is 11.3 Å². The molecule has 29 heavy (non-hydrogen) atoms. The van der Waals surface area contributed by atoms with Crippen LogP contribution in [0.25, 0.3) is 0 Å². The summed E-state index contributed by atoms with van der Waals surface area (Å²) in [5.41, 5.74) is 1.28. The van der Waals surface area contributed by atoms with Crippen LogP contribution in [0.4, 0.5) is 0 Å². The van der Waals surface area contributed by atoms with Crippen LogP contribution < -0.4 is 4.74 Å². The van der Waals surface area contributed by atoms with Gasteiger partial charge in [0, 0.05) is 26.2 Å². The van der Waals surface area contributed by atoms with E-state index in [1.54, 1.807) is 7.11 Å². The van der Waals surface area contributed by atoms with Crippen LogP contribution in [0.5, 0.6) is 5.75 Å². The van der Waals surface area contributed by atoms with Crippen molar-refractivity contribution in [1.29, 1.82) is 0 Å². The van der Waals surface area contributed by atoms with Crippen molar-refractivity contribution in [2.24, 2.45) is 0 Å². The monoisotopic (exact) mass is 415 g/mol. The predicted octanol–water partition coefficient (Wildman–Crippen LogP) is 2.61. The smallest absolute Gasteiger partial charge is 0.264 e. The fourth-order valence-corrected chi connectivity index (χ4v) is 4.16. The van der Waals surface area contributed by atoms with Gasteiger partial charge in [0.05, 0.1) is 18.5 Å². The number of carbonyl (C=O) groups excluding carboxylic acids is 2. The second kappa shape index (κ2) is 10.4. The van der Waals surface area contributed by atoms with E-state index in [0.29, 0.717) is 32.7 Å². The van der Waals surface area contributed by atoms with E-state index in [1.807, 2.05) is 46.5 Å². The molecule has 0 unspecified atom stereocenters. The first-order valence-electron chi connectivity index (χ1n) is 9.99. The number of methoxy groups -OCH3 is 1. The largest absolute Gasteiger partial charge is 0.497 e. The third kappa shape index (κ3) is 6.05. The van der Waals surface area contributed by atoms with E-state index in [0.717, 1.165) is 30.0 Å². The van der Waals surface area contributed by atoms with Crippen LogP contribution in [0, 0.1) is 0 Å². The number of thiophene rings is 1. The molecule has 2 aromatic rings. The SMILES string of the molecule is COc1ccc(CCCN(C)CC(=O)N2CCN(C(=O)c3cccs3)CC2)cc1. The Balaban J connectivity index is 1.36. The molecule has 3 rings (SSSR count). The molecular formula is C22H29N3O3S. The molecule has 0 bridgehead atoms. The lowest BCUT2D eigenvalue weighted by Gasteiger charge is -2.35. The summed E-state index contributed by atoms with van der Waals surface area (Å²) in [6.45, 7) is 3.70. The summed E-state index contributed by atoms with van der Waals surface area (Å²) in [5.74, 6) is 1.08. The number of ether oxygens (including phenoxy) is 1. The van der Waals surface area contributed by atoms with Gasteiger partial charge in [0.25, 0.3) is 5.91 Å². The summed E-state index contributed by atoms with van der Waals surface area (Å²) in [6, 6.07) is 11.9. The van der Waals surface area contributed by atoms with Crippen molar-refractivity contribution in [2.45, 2.75) is 12.8 Å². The minimum absolute atomic E-state index is 0.0720. The molecule has 0 atom stereocenters. The molecule has 1 fully saturated rings. The van der Waals surface area contributed by atoms with Gasteiger partial charge in [-0.05, 0) is 55.6 Å². The first kappa shape index (κ1) is 21.3. The highest BCUT2D eigenvalue weighted by molar-refractivity contribution is 7.12. The van der Waals surface area contributed by atoms with Gasteiger partial charge >= 0.3 is 0 Å². The molecule has 1 aliphatic heterocycles. The van der Waals surface area contributed by atoms with Crippen molar-refractivity contribution in [3.8, 4) is 5.75 Å². The third-order valence-corrected chi connectivity index (χ3v) is 6.08. The van der Waals surface area contributed by atoms with Crippen molar-refractivity contribution < 1.29 is 14.3 Å². The molecular weight excluding hydrogens is 386 g/mol. The zero-order chi connectivity index (χ0) is 20.6. The van der Waals surface area contributed by atoms with E-state index in [-0.39, 0.29) is 11.8 Å². The zero-order valence-corrected chi connectivity index (χ0v) is 18.0. The average Bonchev–Trinajstić information content (AvgIpc) is 3.28. The Kier molecular flexibility index (Phi) is 7.66. The molecule has 0 saturated carbocycles. The molecule has 0 radical (unpaired) electrons. The molecule has 2 heterocycles. The number of amides is 2. The number of likely N-dealkylation sites (N-methyl/N-ethyl adjacent to an activating group) is 1. The number of nitrogens with zero attached hydrogens (tertiary/aromatic N) is 3. The van der Waals surface area contributed by atoms with Gasteiger partial charge in [-0.2, -0.15) is 0 Å². The second-order valence-electron chi connectivity index (χ2n) is 7.34. The van der Waals surface area contributed by atoms with E-state index >= 15 is 0 Å². The van der Waals surface area contributed by atoms with Crippen molar-refractivity contribution in [2.75, 3.05) is 53.4 Å². The van der Waals surface area contributed by atoms with E-state index in [4.69, 9.17) is 4.74 Å². The lowest BCUT2D eigenvalue weighted by atomic mass is 10.1. The van der Waals surface area contributed by atoms with Gasteiger partial charge in [0.1, 0.15) is 5.75 Å². The highest BCUT2D eigenvalue weighted by atomic mass is 32.1. The number of rotatable bonds is 8. The first-order valence-corrected chi connectivity index (χ1v) is 10.9. The fraction of sp³-hybridized carbons (Fsp3) is 0.455. The van der Waals surface area contributed by atoms with Crippen LogP contribution in [0.2, 0.25) is 0 Å². The van der Waals surface area contributed by atoms with Crippen LogP contribution in [0.1, 0.15) is 21.7 Å². The Morgan fingerprint density at radius 1 is 1.07 bits per heavy atom. The summed E-state index contributed by atoms with van der Waals surface area (Å²) in [7, 11) is 3.66. The zero-order valence-electron chi connectivity index (χ0n) is 17.2. The molecule has 1 aromatic heterocycles. The normalized spacial score (nSPS) is 14.3. The molecule has 1 saturated heterocycles. The predicted molar refractivity (Wildman–Crippen MR) is 116 cm³/mol. The summed E-state index contributed by atoms with van der Waals surface area (Å²) in [6.07, 6.45) is 1.98. The molecule has 1 aromatic carbocycles. The quantitative estimate of drug-likeness (QED) is 0.665. The summed E-state index contributed by atoms with van der Waals surface area (Å²) >= 11 is 1.46. The topological polar surface area (TPSA) is 53.1 Å². The molecule has 2 amide bonds. The molecule has 0 aliphatic carbocycles. The van der Waals surface area contributed by atoms with Crippen LogP contribution in [-0.2, 0) is 11.2 Å². The number of aryl methyl sites for hydroxylation is 1. The lowest BCUT2D eigenvalue weighted by Crippen LogP contribution is -2.52. The van der Waals surface area contributed by atoms with E-state index < -0.39 is 0 Å². The van der Waals surface area contributed by atoms with Gasteiger partial charge in [-0.3, -0.25) is 14.5 Å². The van der Waals surface area contributed by atoms with Crippen LogP contribution in [-0.4, -0.2) is 79.9 Å². The summed E-state index contributed by atoms with van der Waals surface area (Å²) in [4.78, 5) is 31.5. The maximum Gasteiger partial charge on any atom is 0.264 e. The van der Waals surface area contributed by atoms with Gasteiger partial charge in [0.15, 0.2) is 0 Å². The molecule has 0 spiro atoms. The molecule has 7 heteroatoms. The molecule has 0 N–H and O–H groups in total. The van der Waals surface area contributed by atoms with E-state index in [9.17, 15) is 9.59 Å². The fourth-order valence-electron chi connectivity index (χ4n) is 3.47. The first-order chi connectivity index (χ1) is 14.1.